The molecule has 3 aromatic rings. The lowest BCUT2D eigenvalue weighted by Gasteiger charge is -2.54. The van der Waals surface area contributed by atoms with Crippen LogP contribution in [0.25, 0.3) is 0 Å². The fraction of sp³-hybridized carbons (Fsp3) is 0.400. The molecular weight excluding hydrogens is 484 g/mol. The molecule has 10 heteroatoms. The quantitative estimate of drug-likeness (QED) is 0.418. The number of hydrogen-bond donors (Lipinski definition) is 3. The van der Waals surface area contributed by atoms with Crippen LogP contribution >= 0.6 is 23.8 Å². The van der Waals surface area contributed by atoms with E-state index in [1.54, 1.807) is 35.2 Å². The third-order valence-corrected chi connectivity index (χ3v) is 7.00. The average Bonchev–Trinajstić information content (AvgIpc) is 3.24. The minimum Gasteiger partial charge on any atom is -0.387 e. The zero-order chi connectivity index (χ0) is 25.0. The van der Waals surface area contributed by atoms with Gasteiger partial charge in [0.15, 0.2) is 10.8 Å². The monoisotopic (exact) mass is 514 g/mol. The van der Waals surface area contributed by atoms with E-state index in [9.17, 15) is 9.90 Å². The van der Waals surface area contributed by atoms with Gasteiger partial charge in [-0.2, -0.15) is 5.10 Å². The normalized spacial score (nSPS) is 21.0. The van der Waals surface area contributed by atoms with Crippen LogP contribution in [0.5, 0.6) is 0 Å². The van der Waals surface area contributed by atoms with Crippen molar-refractivity contribution in [3.05, 3.63) is 87.6 Å². The highest BCUT2D eigenvalue weighted by atomic mass is 35.5. The molecule has 0 amide bonds. The van der Waals surface area contributed by atoms with Crippen molar-refractivity contribution in [2.45, 2.75) is 44.6 Å². The number of aryl methyl sites for hydroxylation is 1. The number of nitrogens with one attached hydrogen (secondary N) is 2. The Hall–Kier alpha value is -2.72. The van der Waals surface area contributed by atoms with E-state index in [0.29, 0.717) is 41.9 Å². The van der Waals surface area contributed by atoms with Crippen molar-refractivity contribution in [3.63, 3.8) is 0 Å². The number of benzene rings is 2. The molecule has 4 rings (SSSR count). The number of nitrogens with zero attached hydrogens (tertiary/aromatic N) is 4. The zero-order valence-electron chi connectivity index (χ0n) is 19.9. The Morgan fingerprint density at radius 3 is 2.63 bits per heavy atom. The summed E-state index contributed by atoms with van der Waals surface area (Å²) in [6, 6.07) is 16.1. The van der Waals surface area contributed by atoms with E-state index < -0.39 is 17.8 Å². The topological polar surface area (TPSA) is 87.3 Å². The van der Waals surface area contributed by atoms with E-state index in [2.05, 4.69) is 15.7 Å². The van der Waals surface area contributed by atoms with Gasteiger partial charge in [-0.3, -0.25) is 4.57 Å². The van der Waals surface area contributed by atoms with E-state index in [1.165, 1.54) is 4.68 Å². The second-order valence-corrected chi connectivity index (χ2v) is 9.34. The smallest absolute Gasteiger partial charge is 0.348 e. The number of halogens is 1. The molecule has 1 saturated heterocycles. The van der Waals surface area contributed by atoms with E-state index in [1.807, 2.05) is 49.1 Å². The molecule has 0 bridgehead atoms. The molecule has 3 N–H and O–H groups in total. The molecule has 186 valence electrons. The van der Waals surface area contributed by atoms with Crippen LogP contribution in [-0.2, 0) is 12.2 Å². The highest BCUT2D eigenvalue weighted by Crippen LogP contribution is 2.40. The predicted octanol–water partition coefficient (Wildman–Crippen LogP) is 2.71. The fourth-order valence-electron chi connectivity index (χ4n) is 4.87. The molecule has 0 saturated carbocycles. The molecule has 0 spiro atoms. The Morgan fingerprint density at radius 2 is 1.97 bits per heavy atom. The molecule has 0 radical (unpaired) electrons. The summed E-state index contributed by atoms with van der Waals surface area (Å²) < 4.78 is 3.07. The minimum absolute atomic E-state index is 0.267. The van der Waals surface area contributed by atoms with E-state index >= 15 is 0 Å². The van der Waals surface area contributed by atoms with Crippen molar-refractivity contribution in [3.8, 4) is 0 Å². The standard InChI is InChI=1S/C25H31ClN6O2S/c1-3-15-32-24(34)31(17-29-32)25(19-8-6-5-7-9-19)22(21(33)18-10-12-20(26)13-11-18)28-14-16-30(25)23(35)27-4-2/h5-13,17,21-22,28,33H,3-4,14-16H2,1-2H3,(H,27,35). The lowest BCUT2D eigenvalue weighted by atomic mass is 9.82. The van der Waals surface area contributed by atoms with Crippen LogP contribution in [-0.4, -0.2) is 55.1 Å². The number of aliphatic hydroxyl groups is 1. The second-order valence-electron chi connectivity index (χ2n) is 8.51. The van der Waals surface area contributed by atoms with Crippen LogP contribution in [0, 0.1) is 0 Å². The molecule has 8 nitrogen and oxygen atoms in total. The third kappa shape index (κ3) is 4.61. The number of rotatable bonds is 7. The molecule has 1 aromatic heterocycles. The SMILES string of the molecule is CCCn1ncn(C2(c3ccccc3)C(C(O)c3ccc(Cl)cc3)NCCN2C(=S)NCC)c1=O. The molecule has 2 aromatic carbocycles. The van der Waals surface area contributed by atoms with Gasteiger partial charge in [0.25, 0.3) is 0 Å². The zero-order valence-corrected chi connectivity index (χ0v) is 21.5. The molecular formula is C25H31ClN6O2S. The van der Waals surface area contributed by atoms with Gasteiger partial charge in [0.05, 0.1) is 12.1 Å². The Labute approximate surface area is 215 Å². The highest BCUT2D eigenvalue weighted by Gasteiger charge is 2.54. The first-order valence-corrected chi connectivity index (χ1v) is 12.7. The van der Waals surface area contributed by atoms with Crippen molar-refractivity contribution in [2.24, 2.45) is 0 Å². The van der Waals surface area contributed by atoms with Gasteiger partial charge in [0, 0.05) is 36.8 Å². The van der Waals surface area contributed by atoms with Gasteiger partial charge in [-0.1, -0.05) is 61.0 Å². The third-order valence-electron chi connectivity index (χ3n) is 6.38. The summed E-state index contributed by atoms with van der Waals surface area (Å²) in [5, 5.41) is 24.1. The number of aliphatic hydroxyl groups excluding tert-OH is 1. The number of thiocarbonyl (C=S) groups is 1. The lowest BCUT2D eigenvalue weighted by Crippen LogP contribution is -2.73. The maximum atomic E-state index is 13.8. The van der Waals surface area contributed by atoms with Crippen molar-refractivity contribution >= 4 is 28.9 Å². The number of piperazine rings is 1. The van der Waals surface area contributed by atoms with Gasteiger partial charge in [-0.15, -0.1) is 0 Å². The fourth-order valence-corrected chi connectivity index (χ4v) is 5.37. The summed E-state index contributed by atoms with van der Waals surface area (Å²) in [6.07, 6.45) is 1.34. The lowest BCUT2D eigenvalue weighted by molar-refractivity contribution is -0.0233. The Morgan fingerprint density at radius 1 is 1.26 bits per heavy atom. The number of hydrogen-bond acceptors (Lipinski definition) is 5. The summed E-state index contributed by atoms with van der Waals surface area (Å²) in [4.78, 5) is 15.8. The molecule has 3 unspecified atom stereocenters. The largest absolute Gasteiger partial charge is 0.387 e. The van der Waals surface area contributed by atoms with E-state index in [4.69, 9.17) is 23.8 Å². The maximum absolute atomic E-state index is 13.8. The van der Waals surface area contributed by atoms with Crippen molar-refractivity contribution in [2.75, 3.05) is 19.6 Å². The van der Waals surface area contributed by atoms with Crippen molar-refractivity contribution in [1.82, 2.24) is 29.9 Å². The predicted molar refractivity (Wildman–Crippen MR) is 141 cm³/mol. The van der Waals surface area contributed by atoms with Gasteiger partial charge in [0.2, 0.25) is 0 Å². The first-order chi connectivity index (χ1) is 16.9. The van der Waals surface area contributed by atoms with Gasteiger partial charge in [0.1, 0.15) is 6.33 Å². The van der Waals surface area contributed by atoms with Crippen LogP contribution in [0.3, 0.4) is 0 Å². The molecule has 0 aliphatic carbocycles. The summed E-state index contributed by atoms with van der Waals surface area (Å²) >= 11 is 12.0. The molecule has 2 heterocycles. The second kappa shape index (κ2) is 10.9. The van der Waals surface area contributed by atoms with Crippen LogP contribution < -0.4 is 16.3 Å². The highest BCUT2D eigenvalue weighted by molar-refractivity contribution is 7.80. The summed E-state index contributed by atoms with van der Waals surface area (Å²) in [5.74, 6) is 0. The van der Waals surface area contributed by atoms with Gasteiger partial charge in [-0.05, 0) is 43.3 Å². The van der Waals surface area contributed by atoms with Crippen LogP contribution in [0.2, 0.25) is 5.02 Å². The molecule has 1 aliphatic rings. The van der Waals surface area contributed by atoms with Crippen LogP contribution in [0.15, 0.2) is 65.7 Å². The van der Waals surface area contributed by atoms with Crippen molar-refractivity contribution in [1.29, 1.82) is 0 Å². The summed E-state index contributed by atoms with van der Waals surface area (Å²) in [5.41, 5.74) is 0.0269. The van der Waals surface area contributed by atoms with Crippen molar-refractivity contribution < 1.29 is 5.11 Å². The van der Waals surface area contributed by atoms with E-state index in [-0.39, 0.29) is 5.69 Å². The van der Waals surface area contributed by atoms with Gasteiger partial charge in [-0.25, -0.2) is 9.48 Å². The molecule has 1 aliphatic heterocycles. The number of aromatic nitrogens is 3. The van der Waals surface area contributed by atoms with Gasteiger partial charge >= 0.3 is 5.69 Å². The Kier molecular flexibility index (Phi) is 7.91. The summed E-state index contributed by atoms with van der Waals surface area (Å²) in [7, 11) is 0. The van der Waals surface area contributed by atoms with Crippen LogP contribution in [0.1, 0.15) is 37.5 Å². The summed E-state index contributed by atoms with van der Waals surface area (Å²) in [6.45, 7) is 6.18. The van der Waals surface area contributed by atoms with Crippen LogP contribution in [0.4, 0.5) is 0 Å². The first-order valence-electron chi connectivity index (χ1n) is 11.9. The first kappa shape index (κ1) is 25.4. The molecule has 1 fully saturated rings. The molecule has 35 heavy (non-hydrogen) atoms. The molecule has 3 atom stereocenters. The maximum Gasteiger partial charge on any atom is 0.348 e. The minimum atomic E-state index is -1.19. The average molecular weight is 515 g/mol. The Bertz CT molecular complexity index is 1200. The van der Waals surface area contributed by atoms with E-state index in [0.717, 1.165) is 12.0 Å². The Balaban J connectivity index is 2.01. The van der Waals surface area contributed by atoms with Gasteiger partial charge < -0.3 is 20.6 Å².